The van der Waals surface area contributed by atoms with Gasteiger partial charge >= 0.3 is 0 Å². The lowest BCUT2D eigenvalue weighted by atomic mass is 10.2. The standard InChI is InChI=1S/C16H26N2O2/c1-20-16-8-4-3-7-15(16)18-12-10-17(11-13-18)9-5-2-6-14-19/h3-4,7-8,19H,2,5-6,9-14H2,1H3. The fourth-order valence-electron chi connectivity index (χ4n) is 2.73. The minimum atomic E-state index is 0.321. The summed E-state index contributed by atoms with van der Waals surface area (Å²) in [6, 6.07) is 8.24. The summed E-state index contributed by atoms with van der Waals surface area (Å²) < 4.78 is 5.44. The van der Waals surface area contributed by atoms with Crippen LogP contribution in [0, 0.1) is 0 Å². The van der Waals surface area contributed by atoms with Gasteiger partial charge < -0.3 is 14.7 Å². The lowest BCUT2D eigenvalue weighted by Gasteiger charge is -2.36. The molecule has 0 atom stereocenters. The van der Waals surface area contributed by atoms with Crippen LogP contribution in [0.25, 0.3) is 0 Å². The van der Waals surface area contributed by atoms with Crippen LogP contribution in [0.4, 0.5) is 5.69 Å². The van der Waals surface area contributed by atoms with Gasteiger partial charge in [-0.1, -0.05) is 12.1 Å². The van der Waals surface area contributed by atoms with E-state index in [0.717, 1.165) is 51.3 Å². The van der Waals surface area contributed by atoms with E-state index < -0.39 is 0 Å². The number of rotatable bonds is 7. The number of anilines is 1. The van der Waals surface area contributed by atoms with Crippen molar-refractivity contribution in [3.05, 3.63) is 24.3 Å². The summed E-state index contributed by atoms with van der Waals surface area (Å²) in [6.45, 7) is 5.80. The number of aliphatic hydroxyl groups is 1. The fraction of sp³-hybridized carbons (Fsp3) is 0.625. The van der Waals surface area contributed by atoms with Gasteiger partial charge in [-0.2, -0.15) is 0 Å². The fourth-order valence-corrected chi connectivity index (χ4v) is 2.73. The van der Waals surface area contributed by atoms with E-state index in [1.807, 2.05) is 12.1 Å². The molecule has 0 unspecified atom stereocenters. The molecule has 0 aliphatic carbocycles. The van der Waals surface area contributed by atoms with E-state index in [4.69, 9.17) is 9.84 Å². The van der Waals surface area contributed by atoms with Gasteiger partial charge in [-0.3, -0.25) is 4.90 Å². The minimum absolute atomic E-state index is 0.321. The second-order valence-corrected chi connectivity index (χ2v) is 5.28. The largest absolute Gasteiger partial charge is 0.495 e. The van der Waals surface area contributed by atoms with Crippen LogP contribution in [-0.2, 0) is 0 Å². The molecule has 1 fully saturated rings. The molecule has 0 amide bonds. The number of piperazine rings is 1. The van der Waals surface area contributed by atoms with Crippen molar-refractivity contribution in [3.8, 4) is 5.75 Å². The third kappa shape index (κ3) is 4.12. The Morgan fingerprint density at radius 3 is 2.50 bits per heavy atom. The lowest BCUT2D eigenvalue weighted by molar-refractivity contribution is 0.242. The molecule has 20 heavy (non-hydrogen) atoms. The highest BCUT2D eigenvalue weighted by Crippen LogP contribution is 2.28. The van der Waals surface area contributed by atoms with Gasteiger partial charge in [0.2, 0.25) is 0 Å². The van der Waals surface area contributed by atoms with Gasteiger partial charge in [0.15, 0.2) is 0 Å². The Morgan fingerprint density at radius 1 is 1.05 bits per heavy atom. The first-order valence-electron chi connectivity index (χ1n) is 7.56. The quantitative estimate of drug-likeness (QED) is 0.774. The van der Waals surface area contributed by atoms with Crippen LogP contribution in [0.2, 0.25) is 0 Å². The van der Waals surface area contributed by atoms with Gasteiger partial charge in [0.1, 0.15) is 5.75 Å². The normalized spacial score (nSPS) is 16.4. The smallest absolute Gasteiger partial charge is 0.142 e. The number of nitrogens with zero attached hydrogens (tertiary/aromatic N) is 2. The van der Waals surface area contributed by atoms with E-state index in [1.165, 1.54) is 12.1 Å². The van der Waals surface area contributed by atoms with Gasteiger partial charge in [0.05, 0.1) is 12.8 Å². The molecule has 4 nitrogen and oxygen atoms in total. The van der Waals surface area contributed by atoms with Crippen molar-refractivity contribution in [3.63, 3.8) is 0 Å². The summed E-state index contributed by atoms with van der Waals surface area (Å²) in [6.07, 6.45) is 3.25. The zero-order valence-electron chi connectivity index (χ0n) is 12.4. The molecular formula is C16H26N2O2. The van der Waals surface area contributed by atoms with E-state index in [9.17, 15) is 0 Å². The molecule has 1 saturated heterocycles. The minimum Gasteiger partial charge on any atom is -0.495 e. The molecule has 0 radical (unpaired) electrons. The molecular weight excluding hydrogens is 252 g/mol. The molecule has 112 valence electrons. The Morgan fingerprint density at radius 2 is 1.80 bits per heavy atom. The van der Waals surface area contributed by atoms with Crippen LogP contribution in [-0.4, -0.2) is 56.4 Å². The summed E-state index contributed by atoms with van der Waals surface area (Å²) in [5.41, 5.74) is 1.20. The van der Waals surface area contributed by atoms with Crippen molar-refractivity contribution in [2.24, 2.45) is 0 Å². The SMILES string of the molecule is COc1ccccc1N1CCN(CCCCCO)CC1. The first-order valence-corrected chi connectivity index (χ1v) is 7.56. The van der Waals surface area contributed by atoms with Crippen LogP contribution in [0.15, 0.2) is 24.3 Å². The van der Waals surface area contributed by atoms with Crippen LogP contribution < -0.4 is 9.64 Å². The molecule has 1 aliphatic rings. The van der Waals surface area contributed by atoms with Crippen molar-refractivity contribution in [2.75, 3.05) is 51.3 Å². The number of benzene rings is 1. The number of aliphatic hydroxyl groups excluding tert-OH is 1. The maximum absolute atomic E-state index is 8.78. The zero-order valence-corrected chi connectivity index (χ0v) is 12.4. The Bertz CT molecular complexity index is 390. The van der Waals surface area contributed by atoms with Crippen molar-refractivity contribution in [1.82, 2.24) is 4.90 Å². The summed E-state index contributed by atoms with van der Waals surface area (Å²) in [7, 11) is 1.73. The first kappa shape index (κ1) is 15.1. The van der Waals surface area contributed by atoms with E-state index in [-0.39, 0.29) is 0 Å². The average Bonchev–Trinajstić information content (AvgIpc) is 2.52. The molecule has 4 heteroatoms. The van der Waals surface area contributed by atoms with E-state index in [0.29, 0.717) is 6.61 Å². The van der Waals surface area contributed by atoms with E-state index >= 15 is 0 Å². The van der Waals surface area contributed by atoms with Gasteiger partial charge in [-0.05, 0) is 37.9 Å². The molecule has 1 heterocycles. The second kappa shape index (κ2) is 8.12. The van der Waals surface area contributed by atoms with E-state index in [1.54, 1.807) is 7.11 Å². The predicted molar refractivity (Wildman–Crippen MR) is 82.6 cm³/mol. The number of unbranched alkanes of at least 4 members (excludes halogenated alkanes) is 2. The predicted octanol–water partition coefficient (Wildman–Crippen LogP) is 1.98. The maximum Gasteiger partial charge on any atom is 0.142 e. The highest BCUT2D eigenvalue weighted by molar-refractivity contribution is 5.58. The summed E-state index contributed by atoms with van der Waals surface area (Å²) in [4.78, 5) is 4.92. The highest BCUT2D eigenvalue weighted by atomic mass is 16.5. The number of methoxy groups -OCH3 is 1. The molecule has 1 aliphatic heterocycles. The molecule has 1 N–H and O–H groups in total. The highest BCUT2D eigenvalue weighted by Gasteiger charge is 2.18. The van der Waals surface area contributed by atoms with Gasteiger partial charge in [0, 0.05) is 32.8 Å². The summed E-state index contributed by atoms with van der Waals surface area (Å²) in [5, 5.41) is 8.78. The third-order valence-electron chi connectivity index (χ3n) is 3.93. The van der Waals surface area contributed by atoms with Crippen LogP contribution in [0.3, 0.4) is 0 Å². The number of para-hydroxylation sites is 2. The van der Waals surface area contributed by atoms with Crippen LogP contribution in [0.5, 0.6) is 5.75 Å². The van der Waals surface area contributed by atoms with Crippen molar-refractivity contribution in [2.45, 2.75) is 19.3 Å². The van der Waals surface area contributed by atoms with Crippen LogP contribution >= 0.6 is 0 Å². The summed E-state index contributed by atoms with van der Waals surface area (Å²) >= 11 is 0. The zero-order chi connectivity index (χ0) is 14.2. The van der Waals surface area contributed by atoms with Crippen molar-refractivity contribution in [1.29, 1.82) is 0 Å². The molecule has 0 spiro atoms. The number of hydrogen-bond acceptors (Lipinski definition) is 4. The van der Waals surface area contributed by atoms with Crippen molar-refractivity contribution >= 4 is 5.69 Å². The second-order valence-electron chi connectivity index (χ2n) is 5.28. The molecule has 1 aromatic rings. The topological polar surface area (TPSA) is 35.9 Å². The monoisotopic (exact) mass is 278 g/mol. The maximum atomic E-state index is 8.78. The van der Waals surface area contributed by atoms with Crippen molar-refractivity contribution < 1.29 is 9.84 Å². The Hall–Kier alpha value is -1.26. The Balaban J connectivity index is 1.79. The van der Waals surface area contributed by atoms with Gasteiger partial charge in [-0.15, -0.1) is 0 Å². The molecule has 0 saturated carbocycles. The van der Waals surface area contributed by atoms with Gasteiger partial charge in [-0.25, -0.2) is 0 Å². The first-order chi connectivity index (χ1) is 9.85. The van der Waals surface area contributed by atoms with Gasteiger partial charge in [0.25, 0.3) is 0 Å². The molecule has 2 rings (SSSR count). The van der Waals surface area contributed by atoms with E-state index in [2.05, 4.69) is 21.9 Å². The summed E-state index contributed by atoms with van der Waals surface area (Å²) in [5.74, 6) is 0.962. The molecule has 0 bridgehead atoms. The Kier molecular flexibility index (Phi) is 6.15. The lowest BCUT2D eigenvalue weighted by Crippen LogP contribution is -2.46. The number of ether oxygens (including phenoxy) is 1. The average molecular weight is 278 g/mol. The number of hydrogen-bond donors (Lipinski definition) is 1. The Labute approximate surface area is 122 Å². The molecule has 0 aromatic heterocycles. The third-order valence-corrected chi connectivity index (χ3v) is 3.93. The molecule has 1 aromatic carbocycles. The van der Waals surface area contributed by atoms with Crippen LogP contribution in [0.1, 0.15) is 19.3 Å².